The third-order valence-electron chi connectivity index (χ3n) is 3.78. The molecule has 1 N–H and O–H groups in total. The smallest absolute Gasteiger partial charge is 0.257 e. The normalized spacial score (nSPS) is 12.2. The van der Waals surface area contributed by atoms with Gasteiger partial charge >= 0.3 is 0 Å². The molecule has 0 spiro atoms. The summed E-state index contributed by atoms with van der Waals surface area (Å²) in [5.41, 5.74) is 3.30. The molecule has 0 fully saturated rings. The van der Waals surface area contributed by atoms with Gasteiger partial charge in [0.1, 0.15) is 0 Å². The molecule has 6 heteroatoms. The maximum atomic E-state index is 12.4. The van der Waals surface area contributed by atoms with Crippen LogP contribution in [0.4, 0.5) is 5.13 Å². The van der Waals surface area contributed by atoms with Crippen LogP contribution >= 0.6 is 11.3 Å². The molecular formula is C18H14N2O3S. The van der Waals surface area contributed by atoms with E-state index in [1.54, 1.807) is 6.07 Å². The summed E-state index contributed by atoms with van der Waals surface area (Å²) in [6, 6.07) is 13.2. The lowest BCUT2D eigenvalue weighted by Crippen LogP contribution is -2.12. The van der Waals surface area contributed by atoms with Crippen molar-refractivity contribution in [2.24, 2.45) is 0 Å². The Labute approximate surface area is 142 Å². The van der Waals surface area contributed by atoms with Crippen molar-refractivity contribution in [3.63, 3.8) is 0 Å². The summed E-state index contributed by atoms with van der Waals surface area (Å²) in [6.07, 6.45) is 0. The second-order valence-corrected chi connectivity index (χ2v) is 6.23. The minimum atomic E-state index is -0.153. The Morgan fingerprint density at radius 3 is 2.88 bits per heavy atom. The van der Waals surface area contributed by atoms with Crippen LogP contribution < -0.4 is 14.8 Å². The van der Waals surface area contributed by atoms with Gasteiger partial charge in [-0.05, 0) is 36.8 Å². The standard InChI is InChI=1S/C18H14N2O3S/c1-11-4-2-3-5-13(11)17(21)20-18-19-14(9-24-18)12-6-7-15-16(8-12)23-10-22-15/h2-9H,10H2,1H3,(H,19,20,21). The van der Waals surface area contributed by atoms with Gasteiger partial charge in [-0.1, -0.05) is 18.2 Å². The number of carbonyl (C=O) groups excluding carboxylic acids is 1. The molecule has 5 nitrogen and oxygen atoms in total. The van der Waals surface area contributed by atoms with E-state index in [9.17, 15) is 4.79 Å². The molecule has 4 rings (SSSR count). The second kappa shape index (κ2) is 5.98. The molecule has 0 saturated carbocycles. The monoisotopic (exact) mass is 338 g/mol. The van der Waals surface area contributed by atoms with Crippen LogP contribution in [-0.4, -0.2) is 17.7 Å². The Balaban J connectivity index is 1.55. The van der Waals surface area contributed by atoms with Gasteiger partial charge in [0.15, 0.2) is 16.6 Å². The molecule has 0 radical (unpaired) electrons. The minimum absolute atomic E-state index is 0.153. The van der Waals surface area contributed by atoms with Crippen molar-refractivity contribution < 1.29 is 14.3 Å². The maximum Gasteiger partial charge on any atom is 0.257 e. The Morgan fingerprint density at radius 1 is 1.17 bits per heavy atom. The minimum Gasteiger partial charge on any atom is -0.454 e. The first-order valence-corrected chi connectivity index (χ1v) is 8.31. The van der Waals surface area contributed by atoms with Gasteiger partial charge in [0.05, 0.1) is 5.69 Å². The molecule has 1 aliphatic heterocycles. The fourth-order valence-electron chi connectivity index (χ4n) is 2.51. The van der Waals surface area contributed by atoms with Crippen molar-refractivity contribution in [2.75, 3.05) is 12.1 Å². The van der Waals surface area contributed by atoms with E-state index < -0.39 is 0 Å². The fraction of sp³-hybridized carbons (Fsp3) is 0.111. The summed E-state index contributed by atoms with van der Waals surface area (Å²) in [6.45, 7) is 2.16. The zero-order valence-electron chi connectivity index (χ0n) is 12.9. The van der Waals surface area contributed by atoms with Gasteiger partial charge in [0, 0.05) is 16.5 Å². The largest absolute Gasteiger partial charge is 0.454 e. The van der Waals surface area contributed by atoms with Gasteiger partial charge in [-0.15, -0.1) is 11.3 Å². The summed E-state index contributed by atoms with van der Waals surface area (Å²) in [4.78, 5) is 16.8. The molecule has 120 valence electrons. The van der Waals surface area contributed by atoms with Gasteiger partial charge < -0.3 is 9.47 Å². The number of ether oxygens (including phenoxy) is 2. The Bertz CT molecular complexity index is 920. The van der Waals surface area contributed by atoms with Crippen LogP contribution in [0.15, 0.2) is 47.8 Å². The van der Waals surface area contributed by atoms with E-state index in [2.05, 4.69) is 10.3 Å². The van der Waals surface area contributed by atoms with E-state index in [1.807, 2.05) is 48.7 Å². The van der Waals surface area contributed by atoms with Gasteiger partial charge in [0.25, 0.3) is 5.91 Å². The number of thiazole rings is 1. The average Bonchev–Trinajstić information content (AvgIpc) is 3.23. The van der Waals surface area contributed by atoms with Crippen molar-refractivity contribution in [1.29, 1.82) is 0 Å². The van der Waals surface area contributed by atoms with E-state index in [-0.39, 0.29) is 12.7 Å². The number of rotatable bonds is 3. The van der Waals surface area contributed by atoms with E-state index in [0.29, 0.717) is 16.4 Å². The van der Waals surface area contributed by atoms with Gasteiger partial charge in [-0.25, -0.2) is 4.98 Å². The molecular weight excluding hydrogens is 324 g/mol. The lowest BCUT2D eigenvalue weighted by atomic mass is 10.1. The van der Waals surface area contributed by atoms with Crippen molar-refractivity contribution in [1.82, 2.24) is 4.98 Å². The summed E-state index contributed by atoms with van der Waals surface area (Å²) >= 11 is 1.39. The molecule has 2 aromatic carbocycles. The number of aryl methyl sites for hydroxylation is 1. The predicted molar refractivity (Wildman–Crippen MR) is 92.8 cm³/mol. The molecule has 1 amide bonds. The number of benzene rings is 2. The molecule has 0 bridgehead atoms. The predicted octanol–water partition coefficient (Wildman–Crippen LogP) is 4.10. The third kappa shape index (κ3) is 2.72. The molecule has 2 heterocycles. The molecule has 0 atom stereocenters. The lowest BCUT2D eigenvalue weighted by molar-refractivity contribution is 0.102. The number of anilines is 1. The molecule has 0 unspecified atom stereocenters. The van der Waals surface area contributed by atoms with E-state index in [4.69, 9.17) is 9.47 Å². The Morgan fingerprint density at radius 2 is 2.00 bits per heavy atom. The first-order chi connectivity index (χ1) is 11.7. The highest BCUT2D eigenvalue weighted by Crippen LogP contribution is 2.36. The zero-order chi connectivity index (χ0) is 16.5. The number of amides is 1. The Hall–Kier alpha value is -2.86. The van der Waals surface area contributed by atoms with Crippen molar-refractivity contribution >= 4 is 22.4 Å². The van der Waals surface area contributed by atoms with Gasteiger partial charge in [-0.3, -0.25) is 10.1 Å². The quantitative estimate of drug-likeness (QED) is 0.781. The van der Waals surface area contributed by atoms with Crippen molar-refractivity contribution in [2.45, 2.75) is 6.92 Å². The van der Waals surface area contributed by atoms with Crippen molar-refractivity contribution in [3.05, 3.63) is 59.0 Å². The number of nitrogens with one attached hydrogen (secondary N) is 1. The summed E-state index contributed by atoms with van der Waals surface area (Å²) in [5, 5.41) is 5.33. The van der Waals surface area contributed by atoms with Crippen molar-refractivity contribution in [3.8, 4) is 22.8 Å². The van der Waals surface area contributed by atoms with Crippen LogP contribution in [0.3, 0.4) is 0 Å². The highest BCUT2D eigenvalue weighted by Gasteiger charge is 2.16. The van der Waals surface area contributed by atoms with Crippen LogP contribution in [0.25, 0.3) is 11.3 Å². The molecule has 0 saturated heterocycles. The van der Waals surface area contributed by atoms with Gasteiger partial charge in [-0.2, -0.15) is 0 Å². The van der Waals surface area contributed by atoms with Crippen LogP contribution in [0.2, 0.25) is 0 Å². The number of carbonyl (C=O) groups is 1. The second-order valence-electron chi connectivity index (χ2n) is 5.37. The topological polar surface area (TPSA) is 60.5 Å². The lowest BCUT2D eigenvalue weighted by Gasteiger charge is -2.04. The highest BCUT2D eigenvalue weighted by atomic mass is 32.1. The first kappa shape index (κ1) is 14.7. The van der Waals surface area contributed by atoms with Crippen LogP contribution in [-0.2, 0) is 0 Å². The molecule has 1 aromatic heterocycles. The molecule has 0 aliphatic carbocycles. The van der Waals surface area contributed by atoms with Crippen LogP contribution in [0.1, 0.15) is 15.9 Å². The number of hydrogen-bond acceptors (Lipinski definition) is 5. The summed E-state index contributed by atoms with van der Waals surface area (Å²) in [7, 11) is 0. The number of aromatic nitrogens is 1. The number of hydrogen-bond donors (Lipinski definition) is 1. The number of fused-ring (bicyclic) bond motifs is 1. The SMILES string of the molecule is Cc1ccccc1C(=O)Nc1nc(-c2ccc3c(c2)OCO3)cs1. The molecule has 1 aliphatic rings. The maximum absolute atomic E-state index is 12.4. The first-order valence-electron chi connectivity index (χ1n) is 7.43. The van der Waals surface area contributed by atoms with E-state index in [1.165, 1.54) is 11.3 Å². The van der Waals surface area contributed by atoms with E-state index in [0.717, 1.165) is 22.6 Å². The summed E-state index contributed by atoms with van der Waals surface area (Å²) < 4.78 is 10.7. The summed E-state index contributed by atoms with van der Waals surface area (Å²) in [5.74, 6) is 1.30. The Kier molecular flexibility index (Phi) is 3.66. The van der Waals surface area contributed by atoms with Crippen LogP contribution in [0.5, 0.6) is 11.5 Å². The third-order valence-corrected chi connectivity index (χ3v) is 4.54. The molecule has 24 heavy (non-hydrogen) atoms. The van der Waals surface area contributed by atoms with E-state index >= 15 is 0 Å². The molecule has 3 aromatic rings. The average molecular weight is 338 g/mol. The highest BCUT2D eigenvalue weighted by molar-refractivity contribution is 7.14. The van der Waals surface area contributed by atoms with Gasteiger partial charge in [0.2, 0.25) is 6.79 Å². The number of nitrogens with zero attached hydrogens (tertiary/aromatic N) is 1. The van der Waals surface area contributed by atoms with Crippen LogP contribution in [0, 0.1) is 6.92 Å². The fourth-order valence-corrected chi connectivity index (χ4v) is 3.23. The zero-order valence-corrected chi connectivity index (χ0v) is 13.7.